The molecule has 1 rings (SSSR count). The molecule has 1 atom stereocenters. The number of urea groups is 1. The standard InChI is InChI=1S/C7H15N3O/c1-3-7(4-8-2)5-9-6(11)10-7/h8H,3-5H2,1-2H3,(H2,9,10,11). The van der Waals surface area contributed by atoms with E-state index in [0.29, 0.717) is 0 Å². The number of hydrogen-bond acceptors (Lipinski definition) is 2. The molecular formula is C7H15N3O. The highest BCUT2D eigenvalue weighted by Gasteiger charge is 2.34. The van der Waals surface area contributed by atoms with Gasteiger partial charge in [0.25, 0.3) is 0 Å². The highest BCUT2D eigenvalue weighted by Crippen LogP contribution is 2.11. The van der Waals surface area contributed by atoms with E-state index in [4.69, 9.17) is 0 Å². The first-order chi connectivity index (χ1) is 5.22. The molecule has 64 valence electrons. The topological polar surface area (TPSA) is 53.2 Å². The van der Waals surface area contributed by atoms with Crippen molar-refractivity contribution < 1.29 is 4.79 Å². The molecule has 3 N–H and O–H groups in total. The van der Waals surface area contributed by atoms with Crippen LogP contribution < -0.4 is 16.0 Å². The van der Waals surface area contributed by atoms with Gasteiger partial charge >= 0.3 is 6.03 Å². The molecule has 1 fully saturated rings. The summed E-state index contributed by atoms with van der Waals surface area (Å²) in [5.74, 6) is 0. The van der Waals surface area contributed by atoms with Crippen LogP contribution in [0.5, 0.6) is 0 Å². The van der Waals surface area contributed by atoms with E-state index in [9.17, 15) is 4.79 Å². The van der Waals surface area contributed by atoms with Crippen LogP contribution in [0.25, 0.3) is 0 Å². The second-order valence-electron chi connectivity index (χ2n) is 2.97. The third kappa shape index (κ3) is 1.63. The highest BCUT2D eigenvalue weighted by atomic mass is 16.2. The zero-order valence-corrected chi connectivity index (χ0v) is 7.03. The van der Waals surface area contributed by atoms with Crippen LogP contribution in [0.3, 0.4) is 0 Å². The minimum atomic E-state index is -0.0637. The Hall–Kier alpha value is -0.770. The Morgan fingerprint density at radius 3 is 2.82 bits per heavy atom. The fourth-order valence-electron chi connectivity index (χ4n) is 1.36. The Bertz CT molecular complexity index is 160. The zero-order chi connectivity index (χ0) is 8.32. The zero-order valence-electron chi connectivity index (χ0n) is 7.03. The van der Waals surface area contributed by atoms with E-state index in [-0.39, 0.29) is 11.6 Å². The van der Waals surface area contributed by atoms with Crippen LogP contribution in [-0.2, 0) is 0 Å². The van der Waals surface area contributed by atoms with E-state index in [1.165, 1.54) is 0 Å². The Kier molecular flexibility index (Phi) is 2.34. The molecule has 0 spiro atoms. The van der Waals surface area contributed by atoms with Crippen molar-refractivity contribution in [2.24, 2.45) is 0 Å². The maximum absolute atomic E-state index is 10.8. The Labute approximate surface area is 66.7 Å². The summed E-state index contributed by atoms with van der Waals surface area (Å²) in [7, 11) is 1.89. The van der Waals surface area contributed by atoms with Gasteiger partial charge < -0.3 is 16.0 Å². The summed E-state index contributed by atoms with van der Waals surface area (Å²) in [6.07, 6.45) is 0.951. The first-order valence-electron chi connectivity index (χ1n) is 3.93. The summed E-state index contributed by atoms with van der Waals surface area (Å²) >= 11 is 0. The molecule has 2 amide bonds. The molecule has 4 heteroatoms. The molecule has 0 aliphatic carbocycles. The van der Waals surface area contributed by atoms with E-state index < -0.39 is 0 Å². The number of amides is 2. The monoisotopic (exact) mass is 157 g/mol. The predicted molar refractivity (Wildman–Crippen MR) is 43.5 cm³/mol. The fourth-order valence-corrected chi connectivity index (χ4v) is 1.36. The molecular weight excluding hydrogens is 142 g/mol. The van der Waals surface area contributed by atoms with Crippen molar-refractivity contribution in [3.05, 3.63) is 0 Å². The van der Waals surface area contributed by atoms with Crippen molar-refractivity contribution in [1.82, 2.24) is 16.0 Å². The van der Waals surface area contributed by atoms with Crippen molar-refractivity contribution in [2.75, 3.05) is 20.1 Å². The Balaban J connectivity index is 2.54. The molecule has 0 aromatic heterocycles. The molecule has 11 heavy (non-hydrogen) atoms. The quantitative estimate of drug-likeness (QED) is 0.525. The number of hydrogen-bond donors (Lipinski definition) is 3. The predicted octanol–water partition coefficient (Wildman–Crippen LogP) is -0.333. The normalized spacial score (nSPS) is 29.8. The number of carbonyl (C=O) groups is 1. The van der Waals surface area contributed by atoms with Gasteiger partial charge in [0.2, 0.25) is 0 Å². The van der Waals surface area contributed by atoms with E-state index in [1.54, 1.807) is 0 Å². The van der Waals surface area contributed by atoms with Crippen LogP contribution in [0.4, 0.5) is 4.79 Å². The molecule has 1 saturated heterocycles. The molecule has 1 aliphatic heterocycles. The van der Waals surface area contributed by atoms with Crippen LogP contribution in [0.2, 0.25) is 0 Å². The number of rotatable bonds is 3. The van der Waals surface area contributed by atoms with Gasteiger partial charge in [-0.2, -0.15) is 0 Å². The van der Waals surface area contributed by atoms with E-state index in [1.807, 2.05) is 7.05 Å². The SMILES string of the molecule is CCC1(CNC)CNC(=O)N1. The molecule has 0 aromatic rings. The van der Waals surface area contributed by atoms with Gasteiger partial charge in [-0.3, -0.25) is 0 Å². The fraction of sp³-hybridized carbons (Fsp3) is 0.857. The van der Waals surface area contributed by atoms with Gasteiger partial charge in [0.15, 0.2) is 0 Å². The van der Waals surface area contributed by atoms with Crippen LogP contribution in [0, 0.1) is 0 Å². The summed E-state index contributed by atoms with van der Waals surface area (Å²) in [5, 5.41) is 8.73. The highest BCUT2D eigenvalue weighted by molar-refractivity contribution is 5.77. The average molecular weight is 157 g/mol. The van der Waals surface area contributed by atoms with Crippen LogP contribution >= 0.6 is 0 Å². The summed E-state index contributed by atoms with van der Waals surface area (Å²) in [6, 6.07) is -0.0536. The number of likely N-dealkylation sites (N-methyl/N-ethyl adjacent to an activating group) is 1. The molecule has 1 heterocycles. The van der Waals surface area contributed by atoms with E-state index in [2.05, 4.69) is 22.9 Å². The van der Waals surface area contributed by atoms with Crippen molar-refractivity contribution in [1.29, 1.82) is 0 Å². The van der Waals surface area contributed by atoms with E-state index >= 15 is 0 Å². The lowest BCUT2D eigenvalue weighted by Crippen LogP contribution is -2.50. The van der Waals surface area contributed by atoms with Crippen molar-refractivity contribution in [3.63, 3.8) is 0 Å². The smallest absolute Gasteiger partial charge is 0.315 e. The third-order valence-electron chi connectivity index (χ3n) is 2.16. The van der Waals surface area contributed by atoms with Gasteiger partial charge in [0.1, 0.15) is 0 Å². The van der Waals surface area contributed by atoms with Crippen molar-refractivity contribution in [3.8, 4) is 0 Å². The summed E-state index contributed by atoms with van der Waals surface area (Å²) in [4.78, 5) is 10.8. The van der Waals surface area contributed by atoms with Crippen LogP contribution in [0.1, 0.15) is 13.3 Å². The molecule has 1 aliphatic rings. The van der Waals surface area contributed by atoms with Gasteiger partial charge in [-0.1, -0.05) is 6.92 Å². The second kappa shape index (κ2) is 3.09. The average Bonchev–Trinajstić information content (AvgIpc) is 2.34. The van der Waals surface area contributed by atoms with Gasteiger partial charge in [-0.05, 0) is 13.5 Å². The molecule has 0 aromatic carbocycles. The second-order valence-corrected chi connectivity index (χ2v) is 2.97. The van der Waals surface area contributed by atoms with E-state index in [0.717, 1.165) is 19.5 Å². The van der Waals surface area contributed by atoms with Crippen LogP contribution in [-0.4, -0.2) is 31.7 Å². The van der Waals surface area contributed by atoms with Gasteiger partial charge in [-0.25, -0.2) is 4.79 Å². The molecule has 1 unspecified atom stereocenters. The largest absolute Gasteiger partial charge is 0.336 e. The Morgan fingerprint density at radius 1 is 1.73 bits per heavy atom. The lowest BCUT2D eigenvalue weighted by atomic mass is 9.98. The molecule has 0 bridgehead atoms. The minimum Gasteiger partial charge on any atom is -0.336 e. The Morgan fingerprint density at radius 2 is 2.45 bits per heavy atom. The summed E-state index contributed by atoms with van der Waals surface area (Å²) < 4.78 is 0. The lowest BCUT2D eigenvalue weighted by Gasteiger charge is -2.25. The van der Waals surface area contributed by atoms with Gasteiger partial charge in [0.05, 0.1) is 5.54 Å². The molecule has 4 nitrogen and oxygen atoms in total. The summed E-state index contributed by atoms with van der Waals surface area (Å²) in [6.45, 7) is 3.62. The molecule has 0 radical (unpaired) electrons. The number of nitrogens with one attached hydrogen (secondary N) is 3. The van der Waals surface area contributed by atoms with Gasteiger partial charge in [-0.15, -0.1) is 0 Å². The third-order valence-corrected chi connectivity index (χ3v) is 2.16. The maximum Gasteiger partial charge on any atom is 0.315 e. The van der Waals surface area contributed by atoms with Gasteiger partial charge in [0, 0.05) is 13.1 Å². The maximum atomic E-state index is 10.8. The molecule has 0 saturated carbocycles. The lowest BCUT2D eigenvalue weighted by molar-refractivity contribution is 0.243. The van der Waals surface area contributed by atoms with Crippen molar-refractivity contribution >= 4 is 6.03 Å². The first-order valence-corrected chi connectivity index (χ1v) is 3.93. The first kappa shape index (κ1) is 8.33. The van der Waals surface area contributed by atoms with Crippen LogP contribution in [0.15, 0.2) is 0 Å². The van der Waals surface area contributed by atoms with Crippen molar-refractivity contribution in [2.45, 2.75) is 18.9 Å². The summed E-state index contributed by atoms with van der Waals surface area (Å²) in [5.41, 5.74) is -0.0637. The minimum absolute atomic E-state index is 0.0536. The number of carbonyl (C=O) groups excluding carboxylic acids is 1.